The van der Waals surface area contributed by atoms with E-state index in [-0.39, 0.29) is 12.0 Å². The average molecular weight is 262 g/mol. The lowest BCUT2D eigenvalue weighted by molar-refractivity contribution is 0.305. The largest absolute Gasteiger partial charge is 0.395 e. The molecule has 0 heterocycles. The molecule has 0 fully saturated rings. The summed E-state index contributed by atoms with van der Waals surface area (Å²) in [4.78, 5) is 0. The maximum atomic E-state index is 8.80. The van der Waals surface area contributed by atoms with Gasteiger partial charge in [-0.2, -0.15) is 0 Å². The molecule has 100 valence electrons. The Morgan fingerprint density at radius 3 is 2.55 bits per heavy atom. The summed E-state index contributed by atoms with van der Waals surface area (Å²) in [5, 5.41) is 8.80. The highest BCUT2D eigenvalue weighted by Gasteiger charge is 2.34. The van der Waals surface area contributed by atoms with Crippen molar-refractivity contribution in [2.24, 2.45) is 0 Å². The molecule has 1 aliphatic carbocycles. The van der Waals surface area contributed by atoms with Crippen LogP contribution in [-0.4, -0.2) is 11.7 Å². The summed E-state index contributed by atoms with van der Waals surface area (Å²) < 4.78 is 0. The Hall–Kier alpha value is -2.04. The standard InChI is InChI=1S/C19H18O/c1-19(2)17-9-4-3-8-15(17)16-11-10-14(13-18(16)19)7-5-6-12-20/h3-4,8-11,13,20H,6,12H2,1-2H3. The summed E-state index contributed by atoms with van der Waals surface area (Å²) in [5.74, 6) is 6.12. The molecule has 0 aliphatic heterocycles. The second kappa shape index (κ2) is 4.81. The number of fused-ring (bicyclic) bond motifs is 3. The first-order valence-electron chi connectivity index (χ1n) is 6.99. The Balaban J connectivity index is 2.11. The molecule has 0 atom stereocenters. The van der Waals surface area contributed by atoms with Crippen LogP contribution in [0.25, 0.3) is 11.1 Å². The van der Waals surface area contributed by atoms with E-state index in [0.29, 0.717) is 6.42 Å². The molecule has 0 unspecified atom stereocenters. The summed E-state index contributed by atoms with van der Waals surface area (Å²) in [6.45, 7) is 4.65. The van der Waals surface area contributed by atoms with E-state index in [9.17, 15) is 0 Å². The molecule has 20 heavy (non-hydrogen) atoms. The third-order valence-electron chi connectivity index (χ3n) is 4.05. The van der Waals surface area contributed by atoms with Crippen molar-refractivity contribution in [2.45, 2.75) is 25.7 Å². The van der Waals surface area contributed by atoms with Crippen LogP contribution in [0.2, 0.25) is 0 Å². The normalized spacial score (nSPS) is 14.2. The van der Waals surface area contributed by atoms with Gasteiger partial charge >= 0.3 is 0 Å². The van der Waals surface area contributed by atoms with Crippen LogP contribution in [0.1, 0.15) is 37.0 Å². The van der Waals surface area contributed by atoms with Gasteiger partial charge in [-0.25, -0.2) is 0 Å². The third kappa shape index (κ3) is 1.94. The fraction of sp³-hybridized carbons (Fsp3) is 0.263. The zero-order chi connectivity index (χ0) is 14.2. The third-order valence-corrected chi connectivity index (χ3v) is 4.05. The molecule has 0 bridgehead atoms. The van der Waals surface area contributed by atoms with Gasteiger partial charge in [0.15, 0.2) is 0 Å². The van der Waals surface area contributed by atoms with Crippen LogP contribution in [0.15, 0.2) is 42.5 Å². The van der Waals surface area contributed by atoms with Crippen molar-refractivity contribution in [3.63, 3.8) is 0 Å². The van der Waals surface area contributed by atoms with Crippen LogP contribution in [0.5, 0.6) is 0 Å². The zero-order valence-corrected chi connectivity index (χ0v) is 11.9. The Labute approximate surface area is 120 Å². The molecule has 0 saturated heterocycles. The lowest BCUT2D eigenvalue weighted by atomic mass is 9.82. The van der Waals surface area contributed by atoms with Crippen LogP contribution < -0.4 is 0 Å². The van der Waals surface area contributed by atoms with Gasteiger partial charge in [-0.05, 0) is 34.4 Å². The van der Waals surface area contributed by atoms with E-state index in [2.05, 4.69) is 68.2 Å². The molecular weight excluding hydrogens is 244 g/mol. The maximum Gasteiger partial charge on any atom is 0.0540 e. The summed E-state index contributed by atoms with van der Waals surface area (Å²) in [5.41, 5.74) is 6.43. The molecule has 0 saturated carbocycles. The molecule has 1 nitrogen and oxygen atoms in total. The van der Waals surface area contributed by atoms with Gasteiger partial charge in [0.1, 0.15) is 0 Å². The Morgan fingerprint density at radius 1 is 1.00 bits per heavy atom. The van der Waals surface area contributed by atoms with E-state index in [4.69, 9.17) is 5.11 Å². The second-order valence-corrected chi connectivity index (χ2v) is 5.71. The maximum absolute atomic E-state index is 8.80. The van der Waals surface area contributed by atoms with Gasteiger partial charge < -0.3 is 5.11 Å². The van der Waals surface area contributed by atoms with Crippen LogP contribution in [0.4, 0.5) is 0 Å². The summed E-state index contributed by atoms with van der Waals surface area (Å²) in [6.07, 6.45) is 0.528. The predicted molar refractivity (Wildman–Crippen MR) is 82.6 cm³/mol. The highest BCUT2D eigenvalue weighted by atomic mass is 16.2. The lowest BCUT2D eigenvalue weighted by Crippen LogP contribution is -2.14. The van der Waals surface area contributed by atoms with Crippen LogP contribution in [0.3, 0.4) is 0 Å². The van der Waals surface area contributed by atoms with Crippen LogP contribution >= 0.6 is 0 Å². The molecule has 0 radical (unpaired) electrons. The molecule has 2 aromatic carbocycles. The van der Waals surface area contributed by atoms with Crippen LogP contribution in [-0.2, 0) is 5.41 Å². The van der Waals surface area contributed by atoms with Crippen molar-refractivity contribution in [3.05, 3.63) is 59.2 Å². The minimum absolute atomic E-state index is 0.0284. The SMILES string of the molecule is CC1(C)c2ccccc2-c2ccc(C#CCCO)cc21. The van der Waals surface area contributed by atoms with Gasteiger partial charge in [0, 0.05) is 17.4 Å². The average Bonchev–Trinajstić information content (AvgIpc) is 2.69. The number of benzene rings is 2. The zero-order valence-electron chi connectivity index (χ0n) is 11.9. The number of rotatable bonds is 1. The highest BCUT2D eigenvalue weighted by molar-refractivity contribution is 5.81. The topological polar surface area (TPSA) is 20.2 Å². The van der Waals surface area contributed by atoms with Gasteiger partial charge in [0.2, 0.25) is 0 Å². The Bertz CT molecular complexity index is 714. The van der Waals surface area contributed by atoms with E-state index in [0.717, 1.165) is 5.56 Å². The molecule has 1 heteroatoms. The fourth-order valence-electron chi connectivity index (χ4n) is 3.00. The van der Waals surface area contributed by atoms with E-state index < -0.39 is 0 Å². The summed E-state index contributed by atoms with van der Waals surface area (Å²) in [7, 11) is 0. The van der Waals surface area contributed by atoms with E-state index in [1.54, 1.807) is 0 Å². The van der Waals surface area contributed by atoms with Crippen molar-refractivity contribution in [2.75, 3.05) is 6.61 Å². The Morgan fingerprint density at radius 2 is 1.75 bits per heavy atom. The van der Waals surface area contributed by atoms with Crippen molar-refractivity contribution in [1.82, 2.24) is 0 Å². The quantitative estimate of drug-likeness (QED) is 0.776. The molecular formula is C19H18O. The minimum Gasteiger partial charge on any atom is -0.395 e. The highest BCUT2D eigenvalue weighted by Crippen LogP contribution is 2.48. The summed E-state index contributed by atoms with van der Waals surface area (Å²) >= 11 is 0. The molecule has 1 N–H and O–H groups in total. The van der Waals surface area contributed by atoms with Gasteiger partial charge in [0.05, 0.1) is 6.61 Å². The van der Waals surface area contributed by atoms with Crippen LogP contribution in [0, 0.1) is 11.8 Å². The smallest absolute Gasteiger partial charge is 0.0540 e. The van der Waals surface area contributed by atoms with Crippen molar-refractivity contribution in [3.8, 4) is 23.0 Å². The number of aliphatic hydroxyl groups excluding tert-OH is 1. The van der Waals surface area contributed by atoms with E-state index in [1.807, 2.05) is 0 Å². The van der Waals surface area contributed by atoms with Gasteiger partial charge in [-0.3, -0.25) is 0 Å². The molecule has 0 amide bonds. The Kier molecular flexibility index (Phi) is 3.12. The minimum atomic E-state index is 0.0284. The first-order valence-corrected chi connectivity index (χ1v) is 6.99. The van der Waals surface area contributed by atoms with Gasteiger partial charge in [-0.1, -0.05) is 56.0 Å². The monoisotopic (exact) mass is 262 g/mol. The van der Waals surface area contributed by atoms with Gasteiger partial charge in [-0.15, -0.1) is 0 Å². The van der Waals surface area contributed by atoms with Crippen molar-refractivity contribution >= 4 is 0 Å². The number of hydrogen-bond acceptors (Lipinski definition) is 1. The number of hydrogen-bond donors (Lipinski definition) is 1. The predicted octanol–water partition coefficient (Wildman–Crippen LogP) is 3.73. The van der Waals surface area contributed by atoms with E-state index >= 15 is 0 Å². The fourth-order valence-corrected chi connectivity index (χ4v) is 3.00. The van der Waals surface area contributed by atoms with E-state index in [1.165, 1.54) is 22.3 Å². The first-order chi connectivity index (χ1) is 9.64. The molecule has 0 spiro atoms. The lowest BCUT2D eigenvalue weighted by Gasteiger charge is -2.21. The second-order valence-electron chi connectivity index (χ2n) is 5.71. The molecule has 1 aliphatic rings. The molecule has 0 aromatic heterocycles. The van der Waals surface area contributed by atoms with Crippen molar-refractivity contribution < 1.29 is 5.11 Å². The van der Waals surface area contributed by atoms with Gasteiger partial charge in [0.25, 0.3) is 0 Å². The molecule has 3 rings (SSSR count). The first kappa shape index (κ1) is 13.0. The number of aliphatic hydroxyl groups is 1. The van der Waals surface area contributed by atoms with Crippen molar-refractivity contribution in [1.29, 1.82) is 0 Å². The molecule has 2 aromatic rings. The summed E-state index contributed by atoms with van der Waals surface area (Å²) in [6, 6.07) is 15.0.